The maximum Gasteiger partial charge on any atom is 0.183 e. The second-order valence-electron chi connectivity index (χ2n) is 6.19. The van der Waals surface area contributed by atoms with Gasteiger partial charge < -0.3 is 0 Å². The van der Waals surface area contributed by atoms with Crippen LogP contribution >= 0.6 is 20.7 Å². The van der Waals surface area contributed by atoms with Gasteiger partial charge in [0.1, 0.15) is 0 Å². The van der Waals surface area contributed by atoms with Gasteiger partial charge in [0.25, 0.3) is 0 Å². The van der Waals surface area contributed by atoms with Gasteiger partial charge in [0.2, 0.25) is 0 Å². The van der Waals surface area contributed by atoms with Crippen LogP contribution in [0.1, 0.15) is 26.3 Å². The molecule has 0 N–H and O–H groups in total. The van der Waals surface area contributed by atoms with E-state index in [0.29, 0.717) is 4.90 Å². The number of hydrogen-bond donors (Lipinski definition) is 1. The summed E-state index contributed by atoms with van der Waals surface area (Å²) in [5.74, 6) is 1.04. The third kappa shape index (κ3) is 4.72. The molecule has 110 valence electrons. The summed E-state index contributed by atoms with van der Waals surface area (Å²) in [7, 11) is -4.05. The summed E-state index contributed by atoms with van der Waals surface area (Å²) in [6.45, 7) is 5.18. The van der Waals surface area contributed by atoms with E-state index < -0.39 is 23.6 Å². The Labute approximate surface area is 124 Å². The SMILES string of the molecule is CC(C)(C)S(=O)(=O)c1ccc(CCS(C)(C)S)cc1. The zero-order valence-corrected chi connectivity index (χ0v) is 14.8. The lowest BCUT2D eigenvalue weighted by molar-refractivity contribution is 0.560. The highest BCUT2D eigenvalue weighted by Gasteiger charge is 2.30. The Morgan fingerprint density at radius 2 is 1.53 bits per heavy atom. The first kappa shape index (κ1) is 16.9. The van der Waals surface area contributed by atoms with E-state index in [1.807, 2.05) is 12.1 Å². The van der Waals surface area contributed by atoms with Gasteiger partial charge in [-0.25, -0.2) is 17.5 Å². The molecule has 0 bridgehead atoms. The van der Waals surface area contributed by atoms with Gasteiger partial charge in [-0.05, 0) is 63.2 Å². The van der Waals surface area contributed by atoms with Crippen molar-refractivity contribution in [1.29, 1.82) is 0 Å². The van der Waals surface area contributed by atoms with Gasteiger partial charge in [-0.15, -0.1) is 11.7 Å². The minimum atomic E-state index is -3.25. The number of sulfone groups is 1. The normalized spacial score (nSPS) is 14.4. The molecule has 5 heteroatoms. The van der Waals surface area contributed by atoms with E-state index in [9.17, 15) is 8.42 Å². The van der Waals surface area contributed by atoms with Crippen LogP contribution < -0.4 is 0 Å². The van der Waals surface area contributed by atoms with Crippen LogP contribution in [0.15, 0.2) is 29.2 Å². The Hall–Kier alpha value is -0.130. The quantitative estimate of drug-likeness (QED) is 0.678. The highest BCUT2D eigenvalue weighted by molar-refractivity contribution is 8.87. The number of hydrogen-bond acceptors (Lipinski definition) is 3. The standard InChI is InChI=1S/C14H24O2S3/c1-14(2,3)19(15,16)13-8-6-12(7-9-13)10-11-18(4,5)17/h6-9,17H,10-11H2,1-5H3. The summed E-state index contributed by atoms with van der Waals surface area (Å²) in [5, 5.41) is 0. The molecule has 0 aliphatic carbocycles. The number of rotatable bonds is 4. The molecule has 1 aromatic rings. The summed E-state index contributed by atoms with van der Waals surface area (Å²) in [4.78, 5) is 0.404. The number of thiol groups is 1. The summed E-state index contributed by atoms with van der Waals surface area (Å²) in [5.41, 5.74) is 1.17. The molecule has 0 radical (unpaired) electrons. The van der Waals surface area contributed by atoms with E-state index in [-0.39, 0.29) is 0 Å². The first-order valence-electron chi connectivity index (χ1n) is 6.20. The fourth-order valence-electron chi connectivity index (χ4n) is 1.56. The summed E-state index contributed by atoms with van der Waals surface area (Å²) in [6.07, 6.45) is 5.27. The molecule has 1 aromatic carbocycles. The van der Waals surface area contributed by atoms with Crippen LogP contribution in [0.5, 0.6) is 0 Å². The van der Waals surface area contributed by atoms with Crippen molar-refractivity contribution in [2.45, 2.75) is 36.8 Å². The molecule has 0 aliphatic heterocycles. The molecule has 0 spiro atoms. The molecular formula is C14H24O2S3. The summed E-state index contributed by atoms with van der Waals surface area (Å²) >= 11 is 4.58. The predicted octanol–water partition coefficient (Wildman–Crippen LogP) is 3.71. The third-order valence-electron chi connectivity index (χ3n) is 2.93. The first-order chi connectivity index (χ1) is 8.43. The van der Waals surface area contributed by atoms with Crippen LogP contribution in [-0.2, 0) is 16.3 Å². The number of aryl methyl sites for hydroxylation is 1. The molecule has 0 amide bonds. The Morgan fingerprint density at radius 3 is 1.89 bits per heavy atom. The largest absolute Gasteiger partial charge is 0.223 e. The lowest BCUT2D eigenvalue weighted by Crippen LogP contribution is -2.27. The van der Waals surface area contributed by atoms with Gasteiger partial charge in [0, 0.05) is 0 Å². The topological polar surface area (TPSA) is 34.1 Å². The van der Waals surface area contributed by atoms with Crippen LogP contribution in [0.2, 0.25) is 0 Å². The predicted molar refractivity (Wildman–Crippen MR) is 90.4 cm³/mol. The van der Waals surface area contributed by atoms with Crippen molar-refractivity contribution in [1.82, 2.24) is 0 Å². The minimum absolute atomic E-state index is 0.404. The lowest BCUT2D eigenvalue weighted by Gasteiger charge is -2.23. The zero-order valence-electron chi connectivity index (χ0n) is 12.3. The molecule has 0 unspecified atom stereocenters. The Morgan fingerprint density at radius 1 is 1.05 bits per heavy atom. The van der Waals surface area contributed by atoms with E-state index in [4.69, 9.17) is 0 Å². The molecular weight excluding hydrogens is 296 g/mol. The molecule has 0 heterocycles. The van der Waals surface area contributed by atoms with E-state index in [0.717, 1.165) is 12.2 Å². The Balaban J connectivity index is 2.89. The molecule has 0 aromatic heterocycles. The fraction of sp³-hybridized carbons (Fsp3) is 0.571. The van der Waals surface area contributed by atoms with Crippen LogP contribution in [-0.4, -0.2) is 31.4 Å². The van der Waals surface area contributed by atoms with Crippen molar-refractivity contribution in [3.63, 3.8) is 0 Å². The molecule has 0 aliphatic rings. The minimum Gasteiger partial charge on any atom is -0.223 e. The van der Waals surface area contributed by atoms with Crippen molar-refractivity contribution in [2.75, 3.05) is 18.3 Å². The van der Waals surface area contributed by atoms with Crippen molar-refractivity contribution in [2.24, 2.45) is 0 Å². The molecule has 0 saturated heterocycles. The average molecular weight is 321 g/mol. The van der Waals surface area contributed by atoms with Crippen molar-refractivity contribution in [3.8, 4) is 0 Å². The third-order valence-corrected chi connectivity index (χ3v) is 7.19. The highest BCUT2D eigenvalue weighted by Crippen LogP contribution is 2.44. The van der Waals surface area contributed by atoms with Gasteiger partial charge in [-0.1, -0.05) is 12.1 Å². The van der Waals surface area contributed by atoms with Crippen molar-refractivity contribution in [3.05, 3.63) is 29.8 Å². The molecule has 0 saturated carbocycles. The molecule has 1 rings (SSSR count). The van der Waals surface area contributed by atoms with Crippen LogP contribution in [0, 0.1) is 0 Å². The summed E-state index contributed by atoms with van der Waals surface area (Å²) < 4.78 is 23.8. The Bertz CT molecular complexity index is 517. The van der Waals surface area contributed by atoms with Crippen LogP contribution in [0.3, 0.4) is 0 Å². The van der Waals surface area contributed by atoms with Crippen LogP contribution in [0.25, 0.3) is 0 Å². The highest BCUT2D eigenvalue weighted by atomic mass is 33.1. The summed E-state index contributed by atoms with van der Waals surface area (Å²) in [6, 6.07) is 7.27. The fourth-order valence-corrected chi connectivity index (χ4v) is 3.77. The van der Waals surface area contributed by atoms with Gasteiger partial charge in [0.05, 0.1) is 9.64 Å². The van der Waals surface area contributed by atoms with E-state index in [2.05, 4.69) is 24.2 Å². The van der Waals surface area contributed by atoms with E-state index >= 15 is 0 Å². The average Bonchev–Trinajstić information content (AvgIpc) is 2.24. The molecule has 19 heavy (non-hydrogen) atoms. The molecule has 2 nitrogen and oxygen atoms in total. The second-order valence-corrected chi connectivity index (χ2v) is 15.2. The van der Waals surface area contributed by atoms with Crippen molar-refractivity contribution < 1.29 is 8.42 Å². The first-order valence-corrected chi connectivity index (χ1v) is 11.4. The lowest BCUT2D eigenvalue weighted by atomic mass is 10.2. The van der Waals surface area contributed by atoms with Gasteiger partial charge >= 0.3 is 0 Å². The van der Waals surface area contributed by atoms with Gasteiger partial charge in [-0.2, -0.15) is 0 Å². The Kier molecular flexibility index (Phi) is 5.08. The second kappa shape index (κ2) is 5.70. The monoisotopic (exact) mass is 320 g/mol. The van der Waals surface area contributed by atoms with Gasteiger partial charge in [0.15, 0.2) is 9.84 Å². The van der Waals surface area contributed by atoms with Crippen molar-refractivity contribution >= 4 is 30.6 Å². The molecule has 0 fully saturated rings. The van der Waals surface area contributed by atoms with E-state index in [1.165, 1.54) is 5.56 Å². The van der Waals surface area contributed by atoms with Crippen LogP contribution in [0.4, 0.5) is 0 Å². The molecule has 0 atom stereocenters. The smallest absolute Gasteiger partial charge is 0.183 e. The zero-order chi connectivity index (χ0) is 14.9. The maximum atomic E-state index is 12.3. The number of benzene rings is 1. The maximum absolute atomic E-state index is 12.3. The van der Waals surface area contributed by atoms with E-state index in [1.54, 1.807) is 32.9 Å². The van der Waals surface area contributed by atoms with Gasteiger partial charge in [-0.3, -0.25) is 0 Å².